The van der Waals surface area contributed by atoms with Crippen molar-refractivity contribution in [1.82, 2.24) is 9.78 Å². The van der Waals surface area contributed by atoms with E-state index in [1.165, 1.54) is 0 Å². The summed E-state index contributed by atoms with van der Waals surface area (Å²) >= 11 is 0. The molecule has 0 spiro atoms. The SMILES string of the molecule is CC(C)(C)OC(=O)Nc1ccc(C(F)(F)F)cc1NC(=O)Cn1ccc(C(F)(F)F)n1. The van der Waals surface area contributed by atoms with E-state index in [0.29, 0.717) is 22.9 Å². The van der Waals surface area contributed by atoms with Crippen LogP contribution >= 0.6 is 0 Å². The van der Waals surface area contributed by atoms with Crippen LogP contribution in [0.25, 0.3) is 0 Å². The molecule has 0 aliphatic heterocycles. The number of amides is 2. The van der Waals surface area contributed by atoms with E-state index < -0.39 is 53.4 Å². The highest BCUT2D eigenvalue weighted by Crippen LogP contribution is 2.34. The molecule has 0 bridgehead atoms. The molecule has 2 N–H and O–H groups in total. The van der Waals surface area contributed by atoms with Crippen molar-refractivity contribution in [3.05, 3.63) is 41.7 Å². The van der Waals surface area contributed by atoms with Gasteiger partial charge in [-0.2, -0.15) is 31.4 Å². The monoisotopic (exact) mass is 452 g/mol. The third-order valence-electron chi connectivity index (χ3n) is 3.49. The van der Waals surface area contributed by atoms with Crippen molar-refractivity contribution >= 4 is 23.4 Å². The zero-order valence-corrected chi connectivity index (χ0v) is 16.5. The minimum atomic E-state index is -4.74. The highest BCUT2D eigenvalue weighted by Gasteiger charge is 2.34. The van der Waals surface area contributed by atoms with Crippen LogP contribution in [0.15, 0.2) is 30.5 Å². The lowest BCUT2D eigenvalue weighted by molar-refractivity contribution is -0.141. The van der Waals surface area contributed by atoms with Crippen molar-refractivity contribution in [3.8, 4) is 0 Å². The molecule has 2 amide bonds. The van der Waals surface area contributed by atoms with Crippen molar-refractivity contribution in [2.45, 2.75) is 45.3 Å². The fraction of sp³-hybridized carbons (Fsp3) is 0.389. The number of hydrogen-bond acceptors (Lipinski definition) is 4. The average Bonchev–Trinajstić information content (AvgIpc) is 3.02. The van der Waals surface area contributed by atoms with Crippen molar-refractivity contribution in [1.29, 1.82) is 0 Å². The second-order valence-electron chi connectivity index (χ2n) is 7.33. The molecule has 0 atom stereocenters. The molecule has 0 saturated heterocycles. The molecule has 1 aromatic heterocycles. The van der Waals surface area contributed by atoms with Gasteiger partial charge in [-0.05, 0) is 45.0 Å². The maximum absolute atomic E-state index is 13.0. The van der Waals surface area contributed by atoms with E-state index in [1.807, 2.05) is 0 Å². The topological polar surface area (TPSA) is 85.3 Å². The van der Waals surface area contributed by atoms with Crippen LogP contribution in [0, 0.1) is 0 Å². The van der Waals surface area contributed by atoms with Crippen molar-refractivity contribution < 1.29 is 40.7 Å². The molecule has 1 heterocycles. The fourth-order valence-corrected chi connectivity index (χ4v) is 2.28. The zero-order valence-electron chi connectivity index (χ0n) is 16.5. The van der Waals surface area contributed by atoms with Crippen LogP contribution in [0.3, 0.4) is 0 Å². The van der Waals surface area contributed by atoms with E-state index in [4.69, 9.17) is 4.74 Å². The van der Waals surface area contributed by atoms with Gasteiger partial charge >= 0.3 is 18.4 Å². The quantitative estimate of drug-likeness (QED) is 0.646. The number of rotatable bonds is 4. The molecule has 2 rings (SSSR count). The van der Waals surface area contributed by atoms with Gasteiger partial charge in [0, 0.05) is 6.20 Å². The maximum Gasteiger partial charge on any atom is 0.435 e. The number of hydrogen-bond donors (Lipinski definition) is 2. The Bertz CT molecular complexity index is 960. The van der Waals surface area contributed by atoms with Crippen LogP contribution in [-0.2, 0) is 28.4 Å². The number of carbonyl (C=O) groups is 2. The second-order valence-corrected chi connectivity index (χ2v) is 7.33. The molecule has 0 fully saturated rings. The molecule has 7 nitrogen and oxygen atoms in total. The second kappa shape index (κ2) is 8.47. The number of ether oxygens (including phenoxy) is 1. The van der Waals surface area contributed by atoms with Crippen molar-refractivity contribution in [2.24, 2.45) is 0 Å². The molecular weight excluding hydrogens is 434 g/mol. The van der Waals surface area contributed by atoms with E-state index >= 15 is 0 Å². The molecule has 170 valence electrons. The van der Waals surface area contributed by atoms with Crippen LogP contribution in [0.5, 0.6) is 0 Å². The van der Waals surface area contributed by atoms with E-state index in [9.17, 15) is 35.9 Å². The number of carbonyl (C=O) groups excluding carboxylic acids is 2. The number of nitrogens with zero attached hydrogens (tertiary/aromatic N) is 2. The normalized spacial score (nSPS) is 12.4. The molecule has 0 saturated carbocycles. The first kappa shape index (κ1) is 24.0. The molecule has 1 aromatic carbocycles. The summed E-state index contributed by atoms with van der Waals surface area (Å²) in [6.07, 6.45) is -9.54. The van der Waals surface area contributed by atoms with Crippen molar-refractivity contribution in [3.63, 3.8) is 0 Å². The van der Waals surface area contributed by atoms with Gasteiger partial charge in [0.05, 0.1) is 16.9 Å². The third-order valence-corrected chi connectivity index (χ3v) is 3.49. The van der Waals surface area contributed by atoms with Crippen LogP contribution in [0.1, 0.15) is 32.0 Å². The van der Waals surface area contributed by atoms with Crippen LogP contribution in [-0.4, -0.2) is 27.4 Å². The summed E-state index contributed by atoms with van der Waals surface area (Å²) in [5, 5.41) is 7.55. The first-order valence-corrected chi connectivity index (χ1v) is 8.66. The van der Waals surface area contributed by atoms with E-state index in [1.54, 1.807) is 20.8 Å². The molecule has 0 aliphatic rings. The lowest BCUT2D eigenvalue weighted by Gasteiger charge is -2.21. The number of aromatic nitrogens is 2. The van der Waals surface area contributed by atoms with Crippen LogP contribution in [0.4, 0.5) is 42.5 Å². The fourth-order valence-electron chi connectivity index (χ4n) is 2.28. The van der Waals surface area contributed by atoms with Gasteiger partial charge in [-0.3, -0.25) is 14.8 Å². The lowest BCUT2D eigenvalue weighted by Crippen LogP contribution is -2.28. The Morgan fingerprint density at radius 3 is 2.13 bits per heavy atom. The Morgan fingerprint density at radius 1 is 0.968 bits per heavy atom. The summed E-state index contributed by atoms with van der Waals surface area (Å²) in [5.41, 5.74) is -3.86. The molecule has 13 heteroatoms. The Labute approximate surface area is 172 Å². The van der Waals surface area contributed by atoms with Crippen molar-refractivity contribution in [2.75, 3.05) is 10.6 Å². The highest BCUT2D eigenvalue weighted by molar-refractivity contribution is 5.98. The van der Waals surface area contributed by atoms with Gasteiger partial charge in [-0.25, -0.2) is 4.79 Å². The molecule has 2 aromatic rings. The number of benzene rings is 1. The summed E-state index contributed by atoms with van der Waals surface area (Å²) in [5.74, 6) is -0.969. The molecule has 31 heavy (non-hydrogen) atoms. The average molecular weight is 452 g/mol. The Kier molecular flexibility index (Phi) is 6.57. The van der Waals surface area contributed by atoms with E-state index in [0.717, 1.165) is 12.3 Å². The van der Waals surface area contributed by atoms with Crippen LogP contribution < -0.4 is 10.6 Å². The Hall–Kier alpha value is -3.25. The van der Waals surface area contributed by atoms with Gasteiger partial charge in [0.1, 0.15) is 12.1 Å². The van der Waals surface area contributed by atoms with Gasteiger partial charge in [-0.15, -0.1) is 0 Å². The minimum Gasteiger partial charge on any atom is -0.444 e. The van der Waals surface area contributed by atoms with Gasteiger partial charge in [0.25, 0.3) is 0 Å². The van der Waals surface area contributed by atoms with Gasteiger partial charge in [0.2, 0.25) is 5.91 Å². The van der Waals surface area contributed by atoms with Gasteiger partial charge in [0.15, 0.2) is 5.69 Å². The third kappa shape index (κ3) is 7.19. The number of anilines is 2. The Morgan fingerprint density at radius 2 is 1.61 bits per heavy atom. The molecular formula is C18H18F6N4O3. The Balaban J connectivity index is 2.24. The predicted molar refractivity (Wildman–Crippen MR) is 97.2 cm³/mol. The predicted octanol–water partition coefficient (Wildman–Crippen LogP) is 4.91. The van der Waals surface area contributed by atoms with Crippen LogP contribution in [0.2, 0.25) is 0 Å². The van der Waals surface area contributed by atoms with E-state index in [2.05, 4.69) is 15.7 Å². The molecule has 0 radical (unpaired) electrons. The highest BCUT2D eigenvalue weighted by atomic mass is 19.4. The smallest absolute Gasteiger partial charge is 0.435 e. The summed E-state index contributed by atoms with van der Waals surface area (Å²) in [4.78, 5) is 24.1. The number of alkyl halides is 6. The number of halogens is 6. The number of nitrogens with one attached hydrogen (secondary N) is 2. The van der Waals surface area contributed by atoms with Gasteiger partial charge < -0.3 is 10.1 Å². The first-order valence-electron chi connectivity index (χ1n) is 8.66. The zero-order chi connectivity index (χ0) is 23.6. The molecule has 0 aliphatic carbocycles. The first-order chi connectivity index (χ1) is 14.0. The summed E-state index contributed by atoms with van der Waals surface area (Å²) < 4.78 is 82.6. The minimum absolute atomic E-state index is 0.202. The lowest BCUT2D eigenvalue weighted by atomic mass is 10.1. The largest absolute Gasteiger partial charge is 0.444 e. The summed E-state index contributed by atoms with van der Waals surface area (Å²) in [7, 11) is 0. The standard InChI is InChI=1S/C18H18F6N4O3/c1-16(2,3)31-15(30)26-11-5-4-10(17(19,20)21)8-12(11)25-14(29)9-28-7-6-13(27-28)18(22,23)24/h4-8H,9H2,1-3H3,(H,25,29)(H,26,30). The molecule has 0 unspecified atom stereocenters. The summed E-state index contributed by atoms with van der Waals surface area (Å²) in [6.45, 7) is 4.00. The van der Waals surface area contributed by atoms with Gasteiger partial charge in [-0.1, -0.05) is 0 Å². The van der Waals surface area contributed by atoms with E-state index in [-0.39, 0.29) is 5.69 Å². The maximum atomic E-state index is 13.0. The summed E-state index contributed by atoms with van der Waals surface area (Å²) in [6, 6.07) is 2.82.